The van der Waals surface area contributed by atoms with Crippen LogP contribution in [0.3, 0.4) is 0 Å². The fourth-order valence-corrected chi connectivity index (χ4v) is 3.29. The average molecular weight is 434 g/mol. The predicted octanol–water partition coefficient (Wildman–Crippen LogP) is 4.63. The molecule has 6 nitrogen and oxygen atoms in total. The van der Waals surface area contributed by atoms with Crippen LogP contribution in [0, 0.1) is 0 Å². The first-order valence-corrected chi connectivity index (χ1v) is 9.44. The van der Waals surface area contributed by atoms with Gasteiger partial charge in [0.05, 0.1) is 17.9 Å². The van der Waals surface area contributed by atoms with Gasteiger partial charge in [-0.1, -0.05) is 30.0 Å². The number of nitrogens with one attached hydrogen (secondary N) is 1. The molecule has 8 heteroatoms. The number of ether oxygens (including phenoxy) is 1. The summed E-state index contributed by atoms with van der Waals surface area (Å²) in [5.41, 5.74) is 1.47. The number of nitrogens with zero attached hydrogens (tertiary/aromatic N) is 2. The van der Waals surface area contributed by atoms with Gasteiger partial charge in [0.2, 0.25) is 11.8 Å². The Morgan fingerprint density at radius 3 is 2.81 bits per heavy atom. The van der Waals surface area contributed by atoms with Crippen molar-refractivity contribution in [2.45, 2.75) is 17.4 Å². The number of halogens is 1. The van der Waals surface area contributed by atoms with Gasteiger partial charge in [0, 0.05) is 16.2 Å². The Labute approximate surface area is 163 Å². The van der Waals surface area contributed by atoms with E-state index in [9.17, 15) is 4.79 Å². The summed E-state index contributed by atoms with van der Waals surface area (Å²) in [4.78, 5) is 12.4. The lowest BCUT2D eigenvalue weighted by Gasteiger charge is -2.10. The Bertz CT molecular complexity index is 916. The quantitative estimate of drug-likeness (QED) is 0.571. The largest absolute Gasteiger partial charge is 0.497 e. The van der Waals surface area contributed by atoms with Crippen molar-refractivity contribution in [1.29, 1.82) is 0 Å². The molecule has 2 aromatic carbocycles. The number of amides is 1. The second-order valence-electron chi connectivity index (χ2n) is 5.33. The maximum Gasteiger partial charge on any atom is 0.277 e. The van der Waals surface area contributed by atoms with Crippen LogP contribution in [-0.4, -0.2) is 28.5 Å². The number of anilines is 1. The van der Waals surface area contributed by atoms with Crippen LogP contribution in [0.15, 0.2) is 62.6 Å². The maximum absolute atomic E-state index is 12.4. The van der Waals surface area contributed by atoms with E-state index in [1.807, 2.05) is 36.4 Å². The van der Waals surface area contributed by atoms with E-state index in [4.69, 9.17) is 9.15 Å². The minimum Gasteiger partial charge on any atom is -0.497 e. The van der Waals surface area contributed by atoms with Crippen molar-refractivity contribution in [2.75, 3.05) is 12.4 Å². The smallest absolute Gasteiger partial charge is 0.277 e. The highest BCUT2D eigenvalue weighted by molar-refractivity contribution is 9.10. The van der Waals surface area contributed by atoms with Crippen molar-refractivity contribution in [1.82, 2.24) is 10.2 Å². The minimum atomic E-state index is -0.409. The second-order valence-corrected chi connectivity index (χ2v) is 7.48. The van der Waals surface area contributed by atoms with E-state index in [1.54, 1.807) is 26.2 Å². The molecule has 0 aliphatic carbocycles. The number of hydrogen-bond acceptors (Lipinski definition) is 6. The molecular formula is C18H16BrN3O3S. The molecule has 0 spiro atoms. The summed E-state index contributed by atoms with van der Waals surface area (Å²) >= 11 is 4.66. The normalized spacial score (nSPS) is 11.8. The molecule has 0 bridgehead atoms. The van der Waals surface area contributed by atoms with E-state index in [0.717, 1.165) is 10.0 Å². The van der Waals surface area contributed by atoms with Gasteiger partial charge in [-0.05, 0) is 47.1 Å². The van der Waals surface area contributed by atoms with Gasteiger partial charge in [-0.2, -0.15) is 0 Å². The first-order valence-electron chi connectivity index (χ1n) is 7.77. The third-order valence-electron chi connectivity index (χ3n) is 3.49. The van der Waals surface area contributed by atoms with Gasteiger partial charge in [0.15, 0.2) is 0 Å². The second kappa shape index (κ2) is 8.37. The number of aromatic nitrogens is 2. The topological polar surface area (TPSA) is 77.2 Å². The summed E-state index contributed by atoms with van der Waals surface area (Å²) in [5.74, 6) is 0.919. The molecule has 0 radical (unpaired) electrons. The number of benzene rings is 2. The highest BCUT2D eigenvalue weighted by Crippen LogP contribution is 2.30. The first-order chi connectivity index (χ1) is 12.6. The Kier molecular flexibility index (Phi) is 5.95. The van der Waals surface area contributed by atoms with Crippen LogP contribution >= 0.6 is 27.7 Å². The van der Waals surface area contributed by atoms with E-state index in [2.05, 4.69) is 31.4 Å². The summed E-state index contributed by atoms with van der Waals surface area (Å²) in [6, 6.07) is 14.8. The molecular weight excluding hydrogens is 418 g/mol. The Balaban J connectivity index is 1.65. The number of thioether (sulfide) groups is 1. The van der Waals surface area contributed by atoms with Gasteiger partial charge >= 0.3 is 0 Å². The van der Waals surface area contributed by atoms with Crippen LogP contribution in [0.5, 0.6) is 5.75 Å². The molecule has 0 saturated heterocycles. The van der Waals surface area contributed by atoms with E-state index < -0.39 is 5.25 Å². The number of rotatable bonds is 6. The zero-order valence-corrected chi connectivity index (χ0v) is 16.5. The summed E-state index contributed by atoms with van der Waals surface area (Å²) in [6.07, 6.45) is 0. The van der Waals surface area contributed by atoms with E-state index in [1.165, 1.54) is 11.8 Å². The van der Waals surface area contributed by atoms with Crippen molar-refractivity contribution in [2.24, 2.45) is 0 Å². The molecule has 1 aromatic heterocycles. The van der Waals surface area contributed by atoms with Crippen molar-refractivity contribution in [3.8, 4) is 17.2 Å². The third-order valence-corrected chi connectivity index (χ3v) is 5.12. The van der Waals surface area contributed by atoms with Gasteiger partial charge in [-0.25, -0.2) is 0 Å². The van der Waals surface area contributed by atoms with Gasteiger partial charge in [0.25, 0.3) is 5.22 Å². The van der Waals surface area contributed by atoms with Gasteiger partial charge in [-0.3, -0.25) is 4.79 Å². The lowest BCUT2D eigenvalue weighted by atomic mass is 10.2. The maximum atomic E-state index is 12.4. The molecule has 1 N–H and O–H groups in total. The highest BCUT2D eigenvalue weighted by atomic mass is 79.9. The lowest BCUT2D eigenvalue weighted by molar-refractivity contribution is -0.115. The van der Waals surface area contributed by atoms with Gasteiger partial charge in [0.1, 0.15) is 5.75 Å². The highest BCUT2D eigenvalue weighted by Gasteiger charge is 2.19. The minimum absolute atomic E-state index is 0.163. The van der Waals surface area contributed by atoms with E-state index in [-0.39, 0.29) is 5.91 Å². The van der Waals surface area contributed by atoms with Gasteiger partial charge in [-0.15, -0.1) is 10.2 Å². The Hall–Kier alpha value is -2.32. The van der Waals surface area contributed by atoms with Crippen LogP contribution in [0.2, 0.25) is 0 Å². The van der Waals surface area contributed by atoms with E-state index in [0.29, 0.717) is 22.6 Å². The monoisotopic (exact) mass is 433 g/mol. The van der Waals surface area contributed by atoms with Crippen molar-refractivity contribution < 1.29 is 13.9 Å². The van der Waals surface area contributed by atoms with E-state index >= 15 is 0 Å². The molecule has 3 rings (SSSR count). The first kappa shape index (κ1) is 18.5. The fourth-order valence-electron chi connectivity index (χ4n) is 2.15. The molecule has 26 heavy (non-hydrogen) atoms. The third kappa shape index (κ3) is 4.44. The number of carbonyl (C=O) groups excluding carboxylic acids is 1. The SMILES string of the molecule is COc1cccc(NC(=O)[C@H](C)Sc2nnc(-c3ccccc3Br)o2)c1. The number of hydrogen-bond donors (Lipinski definition) is 1. The van der Waals surface area contributed by atoms with Crippen LogP contribution in [0.4, 0.5) is 5.69 Å². The van der Waals surface area contributed by atoms with Crippen molar-refractivity contribution >= 4 is 39.3 Å². The summed E-state index contributed by atoms with van der Waals surface area (Å²) in [6.45, 7) is 1.78. The van der Waals surface area contributed by atoms with Crippen LogP contribution in [-0.2, 0) is 4.79 Å². The molecule has 134 valence electrons. The molecule has 0 aliphatic heterocycles. The number of methoxy groups -OCH3 is 1. The fraction of sp³-hybridized carbons (Fsp3) is 0.167. The summed E-state index contributed by atoms with van der Waals surface area (Å²) in [7, 11) is 1.58. The molecule has 1 amide bonds. The molecule has 0 unspecified atom stereocenters. The van der Waals surface area contributed by atoms with Crippen molar-refractivity contribution in [3.63, 3.8) is 0 Å². The molecule has 1 atom stereocenters. The molecule has 0 aliphatic rings. The molecule has 3 aromatic rings. The van der Waals surface area contributed by atoms with Crippen LogP contribution in [0.25, 0.3) is 11.5 Å². The average Bonchev–Trinajstić information content (AvgIpc) is 3.10. The van der Waals surface area contributed by atoms with Gasteiger partial charge < -0.3 is 14.5 Å². The zero-order chi connectivity index (χ0) is 18.5. The summed E-state index contributed by atoms with van der Waals surface area (Å²) in [5, 5.41) is 10.8. The predicted molar refractivity (Wildman–Crippen MR) is 104 cm³/mol. The molecule has 0 fully saturated rings. The summed E-state index contributed by atoms with van der Waals surface area (Å²) < 4.78 is 11.7. The number of carbonyl (C=O) groups is 1. The lowest BCUT2D eigenvalue weighted by Crippen LogP contribution is -2.22. The standard InChI is InChI=1S/C18H16BrN3O3S/c1-11(16(23)20-12-6-5-7-13(10-12)24-2)26-18-22-21-17(25-18)14-8-3-4-9-15(14)19/h3-11H,1-2H3,(H,20,23)/t11-/m0/s1. The Morgan fingerprint density at radius 1 is 1.23 bits per heavy atom. The van der Waals surface area contributed by atoms with Crippen LogP contribution < -0.4 is 10.1 Å². The zero-order valence-electron chi connectivity index (χ0n) is 14.1. The molecule has 0 saturated carbocycles. The Morgan fingerprint density at radius 2 is 2.04 bits per heavy atom. The van der Waals surface area contributed by atoms with Crippen molar-refractivity contribution in [3.05, 3.63) is 53.0 Å². The van der Waals surface area contributed by atoms with Crippen LogP contribution in [0.1, 0.15) is 6.92 Å². The molecule has 1 heterocycles.